The van der Waals surface area contributed by atoms with Crippen LogP contribution in [0.5, 0.6) is 0 Å². The molecule has 1 aliphatic carbocycles. The van der Waals surface area contributed by atoms with Gasteiger partial charge in [-0.15, -0.1) is 0 Å². The molecule has 0 bridgehead atoms. The van der Waals surface area contributed by atoms with Crippen molar-refractivity contribution in [1.82, 2.24) is 14.7 Å². The monoisotopic (exact) mass is 287 g/mol. The Labute approximate surface area is 126 Å². The van der Waals surface area contributed by atoms with Gasteiger partial charge in [0.1, 0.15) is 0 Å². The minimum atomic E-state index is 0.271. The van der Waals surface area contributed by atoms with E-state index in [0.29, 0.717) is 6.04 Å². The first-order valence-electron chi connectivity index (χ1n) is 8.12. The first-order valence-corrected chi connectivity index (χ1v) is 8.12. The van der Waals surface area contributed by atoms with E-state index in [0.717, 1.165) is 26.1 Å². The summed E-state index contributed by atoms with van der Waals surface area (Å²) in [6.45, 7) is 5.18. The van der Waals surface area contributed by atoms with Crippen LogP contribution < -0.4 is 0 Å². The fraction of sp³-hybridized carbons (Fsp3) is 0.588. The van der Waals surface area contributed by atoms with E-state index in [4.69, 9.17) is 10.2 Å². The number of hydrogen-bond donors (Lipinski definition) is 1. The van der Waals surface area contributed by atoms with Gasteiger partial charge in [-0.05, 0) is 32.3 Å². The first-order chi connectivity index (χ1) is 10.3. The van der Waals surface area contributed by atoms with Crippen LogP contribution in [0.4, 0.5) is 0 Å². The molecule has 1 N–H and O–H groups in total. The molecule has 4 heteroatoms. The van der Waals surface area contributed by atoms with Crippen molar-refractivity contribution in [3.8, 4) is 0 Å². The van der Waals surface area contributed by atoms with Gasteiger partial charge in [-0.3, -0.25) is 9.58 Å². The molecule has 1 saturated carbocycles. The van der Waals surface area contributed by atoms with Crippen LogP contribution in [0.25, 0.3) is 10.9 Å². The lowest BCUT2D eigenvalue weighted by atomic mass is 9.91. The summed E-state index contributed by atoms with van der Waals surface area (Å²) in [5.74, 6) is 0. The lowest BCUT2D eigenvalue weighted by Gasteiger charge is -2.37. The molecule has 1 aromatic heterocycles. The predicted molar refractivity (Wildman–Crippen MR) is 85.2 cm³/mol. The quantitative estimate of drug-likeness (QED) is 0.851. The summed E-state index contributed by atoms with van der Waals surface area (Å²) in [6.07, 6.45) is 4.77. The van der Waals surface area contributed by atoms with Crippen molar-refractivity contribution in [2.45, 2.75) is 51.7 Å². The second kappa shape index (κ2) is 6.58. The van der Waals surface area contributed by atoms with Crippen molar-refractivity contribution >= 4 is 10.9 Å². The highest BCUT2D eigenvalue weighted by molar-refractivity contribution is 5.81. The summed E-state index contributed by atoms with van der Waals surface area (Å²) >= 11 is 0. The molecule has 0 atom stereocenters. The van der Waals surface area contributed by atoms with E-state index >= 15 is 0 Å². The Kier molecular flexibility index (Phi) is 4.56. The Bertz CT molecular complexity index is 589. The lowest BCUT2D eigenvalue weighted by Crippen LogP contribution is -2.40. The summed E-state index contributed by atoms with van der Waals surface area (Å²) < 4.78 is 2.09. The van der Waals surface area contributed by atoms with Crippen LogP contribution in [-0.4, -0.2) is 39.0 Å². The zero-order valence-electron chi connectivity index (χ0n) is 12.8. The van der Waals surface area contributed by atoms with Crippen molar-refractivity contribution in [2.24, 2.45) is 0 Å². The Balaban J connectivity index is 1.84. The number of benzene rings is 1. The van der Waals surface area contributed by atoms with Gasteiger partial charge in [0, 0.05) is 37.7 Å². The van der Waals surface area contributed by atoms with E-state index in [1.54, 1.807) is 0 Å². The van der Waals surface area contributed by atoms with Crippen LogP contribution >= 0.6 is 0 Å². The number of aliphatic hydroxyl groups is 1. The zero-order valence-corrected chi connectivity index (χ0v) is 12.8. The van der Waals surface area contributed by atoms with Crippen LogP contribution in [0.15, 0.2) is 24.3 Å². The third-order valence-electron chi connectivity index (χ3n) is 4.58. The maximum Gasteiger partial charge on any atom is 0.0843 e. The molecule has 0 aliphatic heterocycles. The number of aromatic nitrogens is 2. The van der Waals surface area contributed by atoms with Crippen LogP contribution in [0, 0.1) is 0 Å². The number of para-hydroxylation sites is 1. The van der Waals surface area contributed by atoms with Crippen molar-refractivity contribution in [1.29, 1.82) is 0 Å². The third kappa shape index (κ3) is 2.97. The predicted octanol–water partition coefficient (Wildman–Crippen LogP) is 2.79. The molecule has 0 saturated heterocycles. The maximum absolute atomic E-state index is 9.12. The van der Waals surface area contributed by atoms with Gasteiger partial charge in [-0.2, -0.15) is 5.10 Å². The fourth-order valence-corrected chi connectivity index (χ4v) is 3.16. The average Bonchev–Trinajstić information content (AvgIpc) is 2.81. The molecule has 21 heavy (non-hydrogen) atoms. The molecule has 2 aromatic rings. The molecule has 0 amide bonds. The molecule has 1 aliphatic rings. The lowest BCUT2D eigenvalue weighted by molar-refractivity contribution is 0.108. The molecule has 0 unspecified atom stereocenters. The van der Waals surface area contributed by atoms with Gasteiger partial charge >= 0.3 is 0 Å². The number of hydrogen-bond acceptors (Lipinski definition) is 3. The molecule has 114 valence electrons. The highest BCUT2D eigenvalue weighted by Crippen LogP contribution is 2.28. The molecular weight excluding hydrogens is 262 g/mol. The fourth-order valence-electron chi connectivity index (χ4n) is 3.16. The second-order valence-corrected chi connectivity index (χ2v) is 5.91. The maximum atomic E-state index is 9.12. The van der Waals surface area contributed by atoms with Crippen LogP contribution in [0.3, 0.4) is 0 Å². The highest BCUT2D eigenvalue weighted by atomic mass is 16.3. The Morgan fingerprint density at radius 3 is 2.81 bits per heavy atom. The van der Waals surface area contributed by atoms with Gasteiger partial charge in [-0.25, -0.2) is 0 Å². The number of aryl methyl sites for hydroxylation is 1. The highest BCUT2D eigenvalue weighted by Gasteiger charge is 2.25. The number of nitrogens with zero attached hydrogens (tertiary/aromatic N) is 3. The van der Waals surface area contributed by atoms with Gasteiger partial charge in [0.25, 0.3) is 0 Å². The summed E-state index contributed by atoms with van der Waals surface area (Å²) in [7, 11) is 0. The average molecular weight is 287 g/mol. The van der Waals surface area contributed by atoms with Crippen LogP contribution in [-0.2, 0) is 13.1 Å². The van der Waals surface area contributed by atoms with Gasteiger partial charge in [-0.1, -0.05) is 24.6 Å². The third-order valence-corrected chi connectivity index (χ3v) is 4.58. The number of fused-ring (bicyclic) bond motifs is 1. The number of rotatable bonds is 7. The largest absolute Gasteiger partial charge is 0.396 e. The minimum absolute atomic E-state index is 0.271. The smallest absolute Gasteiger partial charge is 0.0843 e. The van der Waals surface area contributed by atoms with E-state index in [2.05, 4.69) is 40.8 Å². The summed E-state index contributed by atoms with van der Waals surface area (Å²) in [6, 6.07) is 9.18. The van der Waals surface area contributed by atoms with Gasteiger partial charge < -0.3 is 5.11 Å². The standard InChI is InChI=1S/C17H25N3O/c1-2-20-17-10-4-3-9-15(17)16(18-20)13-19(11-6-12-21)14-7-5-8-14/h3-4,9-10,14,21H,2,5-8,11-13H2,1H3. The molecule has 3 rings (SSSR count). The second-order valence-electron chi connectivity index (χ2n) is 5.91. The summed E-state index contributed by atoms with van der Waals surface area (Å²) in [5, 5.41) is 15.2. The SMILES string of the molecule is CCn1nc(CN(CCCO)C2CCC2)c2ccccc21. The van der Waals surface area contributed by atoms with Crippen molar-refractivity contribution in [2.75, 3.05) is 13.2 Å². The van der Waals surface area contributed by atoms with E-state index in [1.807, 2.05) is 0 Å². The molecule has 4 nitrogen and oxygen atoms in total. The van der Waals surface area contributed by atoms with Gasteiger partial charge in [0.15, 0.2) is 0 Å². The molecular formula is C17H25N3O. The van der Waals surface area contributed by atoms with Gasteiger partial charge in [0.05, 0.1) is 11.2 Å². The molecule has 1 fully saturated rings. The van der Waals surface area contributed by atoms with Crippen LogP contribution in [0.1, 0.15) is 38.3 Å². The van der Waals surface area contributed by atoms with E-state index < -0.39 is 0 Å². The first kappa shape index (κ1) is 14.5. The topological polar surface area (TPSA) is 41.3 Å². The van der Waals surface area contributed by atoms with E-state index in [1.165, 1.54) is 35.9 Å². The van der Waals surface area contributed by atoms with E-state index in [-0.39, 0.29) is 6.61 Å². The molecule has 1 heterocycles. The van der Waals surface area contributed by atoms with E-state index in [9.17, 15) is 0 Å². The van der Waals surface area contributed by atoms with Crippen molar-refractivity contribution in [3.05, 3.63) is 30.0 Å². The van der Waals surface area contributed by atoms with Crippen molar-refractivity contribution in [3.63, 3.8) is 0 Å². The molecule has 0 radical (unpaired) electrons. The Hall–Kier alpha value is -1.39. The van der Waals surface area contributed by atoms with Crippen molar-refractivity contribution < 1.29 is 5.11 Å². The Morgan fingerprint density at radius 2 is 2.14 bits per heavy atom. The van der Waals surface area contributed by atoms with Gasteiger partial charge in [0.2, 0.25) is 0 Å². The zero-order chi connectivity index (χ0) is 14.7. The summed E-state index contributed by atoms with van der Waals surface area (Å²) in [4.78, 5) is 2.51. The minimum Gasteiger partial charge on any atom is -0.396 e. The molecule has 0 spiro atoms. The van der Waals surface area contributed by atoms with Crippen LogP contribution in [0.2, 0.25) is 0 Å². The molecule has 1 aromatic carbocycles. The summed E-state index contributed by atoms with van der Waals surface area (Å²) in [5.41, 5.74) is 2.41. The Morgan fingerprint density at radius 1 is 1.33 bits per heavy atom. The normalized spacial score (nSPS) is 15.8. The number of aliphatic hydroxyl groups excluding tert-OH is 1.